The molecule has 16 heavy (non-hydrogen) atoms. The van der Waals surface area contributed by atoms with E-state index in [0.717, 1.165) is 25.5 Å². The van der Waals surface area contributed by atoms with Gasteiger partial charge < -0.3 is 5.32 Å². The van der Waals surface area contributed by atoms with Gasteiger partial charge in [-0.1, -0.05) is 15.9 Å². The van der Waals surface area contributed by atoms with Crippen LogP contribution in [0.1, 0.15) is 13.8 Å². The lowest BCUT2D eigenvalue weighted by atomic mass is 10.3. The molecule has 0 radical (unpaired) electrons. The Morgan fingerprint density at radius 3 is 2.75 bits per heavy atom. The largest absolute Gasteiger partial charge is 0.324 e. The van der Waals surface area contributed by atoms with Gasteiger partial charge in [-0.2, -0.15) is 0 Å². The smallest absolute Gasteiger partial charge is 0.206 e. The van der Waals surface area contributed by atoms with Crippen LogP contribution in [0, 0.1) is 0 Å². The third-order valence-corrected chi connectivity index (χ3v) is 3.83. The Morgan fingerprint density at radius 1 is 1.31 bits per heavy atom. The summed E-state index contributed by atoms with van der Waals surface area (Å²) in [7, 11) is 0. The number of rotatable bonds is 1. The normalized spacial score (nSPS) is 16.9. The van der Waals surface area contributed by atoms with Gasteiger partial charge in [-0.25, -0.2) is 4.99 Å². The Hall–Kier alpha value is -0.200. The van der Waals surface area contributed by atoms with E-state index in [-0.39, 0.29) is 6.04 Å². The van der Waals surface area contributed by atoms with E-state index in [0.29, 0.717) is 0 Å². The molecule has 0 amide bonds. The summed E-state index contributed by atoms with van der Waals surface area (Å²) in [5.41, 5.74) is 1.06. The molecule has 3 nitrogen and oxygen atoms in total. The van der Waals surface area contributed by atoms with Gasteiger partial charge in [0.1, 0.15) is 0 Å². The molecule has 0 saturated heterocycles. The quantitative estimate of drug-likeness (QED) is 0.739. The molecule has 86 valence electrons. The fourth-order valence-electron chi connectivity index (χ4n) is 1.32. The monoisotopic (exact) mass is 363 g/mol. The summed E-state index contributed by atoms with van der Waals surface area (Å²) in [4.78, 5) is 5.58. The van der Waals surface area contributed by atoms with Crippen LogP contribution < -0.4 is 10.0 Å². The lowest BCUT2D eigenvalue weighted by Crippen LogP contribution is -2.30. The minimum atomic E-state index is 0.270. The number of halogens is 2. The highest BCUT2D eigenvalue weighted by Gasteiger charge is 2.17. The predicted octanol–water partition coefficient (Wildman–Crippen LogP) is 4.00. The molecule has 0 aromatic heterocycles. The van der Waals surface area contributed by atoms with E-state index in [1.54, 1.807) is 11.9 Å². The minimum Gasteiger partial charge on any atom is -0.324 e. The Bertz CT molecular complexity index is 446. The number of hydrogen-bond acceptors (Lipinski definition) is 2. The van der Waals surface area contributed by atoms with Crippen molar-refractivity contribution in [2.75, 3.05) is 5.32 Å². The topological polar surface area (TPSA) is 36.4 Å². The zero-order valence-electron chi connectivity index (χ0n) is 8.84. The Labute approximate surface area is 116 Å². The molecule has 1 heterocycles. The first-order valence-corrected chi connectivity index (χ1v) is 7.23. The van der Waals surface area contributed by atoms with Gasteiger partial charge in [0.25, 0.3) is 0 Å². The van der Waals surface area contributed by atoms with Crippen molar-refractivity contribution >= 4 is 55.5 Å². The molecular formula is C10H11Br2N3S. The van der Waals surface area contributed by atoms with Gasteiger partial charge in [0.2, 0.25) is 5.96 Å². The van der Waals surface area contributed by atoms with E-state index in [1.165, 1.54) is 0 Å². The molecule has 2 N–H and O–H groups in total. The van der Waals surface area contributed by atoms with Crippen LogP contribution in [0.25, 0.3) is 0 Å². The molecule has 0 spiro atoms. The average Bonchev–Trinajstić information content (AvgIpc) is 2.18. The molecule has 0 unspecified atom stereocenters. The molecule has 1 aromatic rings. The summed E-state index contributed by atoms with van der Waals surface area (Å²) >= 11 is 8.57. The van der Waals surface area contributed by atoms with E-state index in [4.69, 9.17) is 0 Å². The maximum atomic E-state index is 4.44. The number of nitrogens with one attached hydrogen (secondary N) is 2. The van der Waals surface area contributed by atoms with E-state index < -0.39 is 0 Å². The van der Waals surface area contributed by atoms with Crippen molar-refractivity contribution < 1.29 is 0 Å². The van der Waals surface area contributed by atoms with Crippen LogP contribution in [-0.4, -0.2) is 12.0 Å². The van der Waals surface area contributed by atoms with E-state index >= 15 is 0 Å². The third kappa shape index (κ3) is 2.73. The van der Waals surface area contributed by atoms with Crippen LogP contribution in [0.3, 0.4) is 0 Å². The van der Waals surface area contributed by atoms with Crippen LogP contribution in [0.4, 0.5) is 5.69 Å². The highest BCUT2D eigenvalue weighted by Crippen LogP contribution is 2.37. The second-order valence-electron chi connectivity index (χ2n) is 3.66. The minimum absolute atomic E-state index is 0.270. The van der Waals surface area contributed by atoms with E-state index in [2.05, 4.69) is 53.0 Å². The zero-order chi connectivity index (χ0) is 11.7. The lowest BCUT2D eigenvalue weighted by molar-refractivity contribution is 0.831. The number of anilines is 1. The SMILES string of the molecule is CC(C)N=C1NSc2cc(Br)cc(Br)c2N1. The van der Waals surface area contributed by atoms with Crippen molar-refractivity contribution in [1.29, 1.82) is 0 Å². The third-order valence-electron chi connectivity index (χ3n) is 1.91. The fraction of sp³-hybridized carbons (Fsp3) is 0.300. The van der Waals surface area contributed by atoms with E-state index in [1.807, 2.05) is 19.9 Å². The molecule has 6 heteroatoms. The maximum Gasteiger partial charge on any atom is 0.206 e. The zero-order valence-corrected chi connectivity index (χ0v) is 12.8. The highest BCUT2D eigenvalue weighted by molar-refractivity contribution is 9.11. The van der Waals surface area contributed by atoms with Crippen molar-refractivity contribution in [3.8, 4) is 0 Å². The van der Waals surface area contributed by atoms with Crippen molar-refractivity contribution in [3.63, 3.8) is 0 Å². The Balaban J connectivity index is 2.34. The van der Waals surface area contributed by atoms with Gasteiger partial charge in [0.15, 0.2) is 0 Å². The van der Waals surface area contributed by atoms with E-state index in [9.17, 15) is 0 Å². The molecule has 0 aliphatic carbocycles. The molecule has 1 aliphatic rings. The van der Waals surface area contributed by atoms with Crippen LogP contribution >= 0.6 is 43.8 Å². The summed E-state index contributed by atoms with van der Waals surface area (Å²) in [6.45, 7) is 4.10. The summed E-state index contributed by atoms with van der Waals surface area (Å²) < 4.78 is 5.26. The summed E-state index contributed by atoms with van der Waals surface area (Å²) in [5, 5.41) is 3.27. The van der Waals surface area contributed by atoms with Crippen molar-refractivity contribution in [2.24, 2.45) is 4.99 Å². The molecule has 0 fully saturated rings. The van der Waals surface area contributed by atoms with Crippen LogP contribution in [0.5, 0.6) is 0 Å². The number of benzene rings is 1. The number of fused-ring (bicyclic) bond motifs is 1. The molecule has 0 saturated carbocycles. The van der Waals surface area contributed by atoms with Crippen LogP contribution in [0.2, 0.25) is 0 Å². The second-order valence-corrected chi connectivity index (χ2v) is 6.28. The Kier molecular flexibility index (Phi) is 3.81. The number of guanidine groups is 1. The van der Waals surface area contributed by atoms with Crippen LogP contribution in [0.15, 0.2) is 31.0 Å². The van der Waals surface area contributed by atoms with Gasteiger partial charge in [-0.15, -0.1) is 0 Å². The molecule has 1 aliphatic heterocycles. The van der Waals surface area contributed by atoms with Gasteiger partial charge in [0, 0.05) is 15.0 Å². The highest BCUT2D eigenvalue weighted by atomic mass is 79.9. The van der Waals surface area contributed by atoms with Gasteiger partial charge >= 0.3 is 0 Å². The average molecular weight is 365 g/mol. The van der Waals surface area contributed by atoms with Crippen molar-refractivity contribution in [2.45, 2.75) is 24.8 Å². The van der Waals surface area contributed by atoms with Crippen LogP contribution in [-0.2, 0) is 0 Å². The predicted molar refractivity (Wildman–Crippen MR) is 77.0 cm³/mol. The summed E-state index contributed by atoms with van der Waals surface area (Å²) in [6, 6.07) is 4.35. The lowest BCUT2D eigenvalue weighted by Gasteiger charge is -2.22. The van der Waals surface area contributed by atoms with Gasteiger partial charge in [0.05, 0.1) is 10.6 Å². The standard InChI is InChI=1S/C10H11Br2N3S/c1-5(2)13-10-14-9-7(12)3-6(11)4-8(9)16-15-10/h3-5H,1-2H3,(H2,13,14,15). The molecule has 0 bridgehead atoms. The molecule has 1 aromatic carbocycles. The summed E-state index contributed by atoms with van der Waals surface area (Å²) in [6.07, 6.45) is 0. The molecule has 2 rings (SSSR count). The van der Waals surface area contributed by atoms with Crippen molar-refractivity contribution in [3.05, 3.63) is 21.1 Å². The van der Waals surface area contributed by atoms with Crippen molar-refractivity contribution in [1.82, 2.24) is 4.72 Å². The second kappa shape index (κ2) is 4.98. The van der Waals surface area contributed by atoms with Gasteiger partial charge in [-0.3, -0.25) is 4.72 Å². The van der Waals surface area contributed by atoms with Gasteiger partial charge in [-0.05, 0) is 53.9 Å². The number of hydrogen-bond donors (Lipinski definition) is 2. The first kappa shape index (κ1) is 12.3. The number of aliphatic imine (C=N–C) groups is 1. The summed E-state index contributed by atoms with van der Waals surface area (Å²) in [5.74, 6) is 0.801. The molecular weight excluding hydrogens is 354 g/mol. The first-order valence-electron chi connectivity index (χ1n) is 4.83. The Morgan fingerprint density at radius 2 is 2.06 bits per heavy atom. The fourth-order valence-corrected chi connectivity index (χ4v) is 3.68. The first-order chi connectivity index (χ1) is 7.56. The number of nitrogens with zero attached hydrogens (tertiary/aromatic N) is 1. The molecule has 0 atom stereocenters. The maximum absolute atomic E-state index is 4.44.